The van der Waals surface area contributed by atoms with Gasteiger partial charge in [0.15, 0.2) is 0 Å². The molecule has 40 heavy (non-hydrogen) atoms. The number of nitrogens with zero attached hydrogens (tertiary/aromatic N) is 3. The van der Waals surface area contributed by atoms with Crippen molar-refractivity contribution in [2.75, 3.05) is 13.2 Å². The Morgan fingerprint density at radius 3 is 2.33 bits per heavy atom. The summed E-state index contributed by atoms with van der Waals surface area (Å²) in [7, 11) is -3.84. The minimum Gasteiger partial charge on any atom is -0.304 e. The Morgan fingerprint density at radius 2 is 1.60 bits per heavy atom. The lowest BCUT2D eigenvalue weighted by Gasteiger charge is -2.57. The molecule has 3 aliphatic carbocycles. The van der Waals surface area contributed by atoms with Crippen LogP contribution in [0.4, 0.5) is 0 Å². The molecule has 0 radical (unpaired) electrons. The SMILES string of the molecule is CCOP(=O)(OCC)c1nc2ccccc2n([C@@H]2CC3C(C)CC[C@H](C2)N3[C@@H]2CC3CC(C3)C(C)C(C)C2)c1=O. The van der Waals surface area contributed by atoms with E-state index in [1.807, 2.05) is 28.8 Å². The van der Waals surface area contributed by atoms with Gasteiger partial charge in [0.25, 0.3) is 5.56 Å². The molecule has 0 N–H and O–H groups in total. The van der Waals surface area contributed by atoms with Crippen LogP contribution >= 0.6 is 7.60 Å². The van der Waals surface area contributed by atoms with E-state index in [0.717, 1.165) is 42.0 Å². The van der Waals surface area contributed by atoms with Crippen molar-refractivity contribution >= 4 is 24.1 Å². The molecule has 4 bridgehead atoms. The molecule has 2 aromatic rings. The second kappa shape index (κ2) is 11.3. The normalized spacial score (nSPS) is 36.6. The zero-order valence-electron chi connectivity index (χ0n) is 25.0. The Morgan fingerprint density at radius 1 is 0.875 bits per heavy atom. The van der Waals surface area contributed by atoms with Gasteiger partial charge in [0, 0.05) is 24.2 Å². The Labute approximate surface area is 239 Å². The first-order chi connectivity index (χ1) is 19.2. The highest BCUT2D eigenvalue weighted by molar-refractivity contribution is 7.61. The van der Waals surface area contributed by atoms with Crippen molar-refractivity contribution in [1.82, 2.24) is 14.5 Å². The molecule has 7 rings (SSSR count). The maximum absolute atomic E-state index is 14.2. The largest absolute Gasteiger partial charge is 0.385 e. The molecule has 7 nitrogen and oxygen atoms in total. The molecule has 1 aromatic heterocycles. The van der Waals surface area contributed by atoms with E-state index < -0.39 is 7.60 Å². The van der Waals surface area contributed by atoms with Gasteiger partial charge in [0.2, 0.25) is 5.44 Å². The highest BCUT2D eigenvalue weighted by Crippen LogP contribution is 2.51. The number of aromatic nitrogens is 2. The Bertz CT molecular complexity index is 1310. The number of hydrogen-bond donors (Lipinski definition) is 0. The van der Waals surface area contributed by atoms with Crippen LogP contribution in [-0.2, 0) is 13.6 Å². The van der Waals surface area contributed by atoms with Gasteiger partial charge in [-0.05, 0) is 107 Å². The molecule has 0 spiro atoms. The van der Waals surface area contributed by atoms with E-state index in [4.69, 9.17) is 9.05 Å². The second-order valence-electron chi connectivity index (χ2n) is 13.3. The summed E-state index contributed by atoms with van der Waals surface area (Å²) in [6.45, 7) is 11.3. The highest BCUT2D eigenvalue weighted by Gasteiger charge is 2.49. The van der Waals surface area contributed by atoms with Gasteiger partial charge >= 0.3 is 7.60 Å². The van der Waals surface area contributed by atoms with E-state index in [-0.39, 0.29) is 30.2 Å². The number of hydrogen-bond acceptors (Lipinski definition) is 6. The van der Waals surface area contributed by atoms with Crippen LogP contribution in [0.25, 0.3) is 11.0 Å². The van der Waals surface area contributed by atoms with E-state index in [1.54, 1.807) is 13.8 Å². The summed E-state index contributed by atoms with van der Waals surface area (Å²) in [5, 5.41) is 0. The van der Waals surface area contributed by atoms with E-state index in [1.165, 1.54) is 38.5 Å². The molecule has 5 aliphatic rings. The van der Waals surface area contributed by atoms with Gasteiger partial charge < -0.3 is 13.6 Å². The van der Waals surface area contributed by atoms with Gasteiger partial charge in [-0.15, -0.1) is 0 Å². The molecule has 1 aromatic carbocycles. The predicted molar refractivity (Wildman–Crippen MR) is 160 cm³/mol. The maximum Gasteiger partial charge on any atom is 0.385 e. The van der Waals surface area contributed by atoms with Gasteiger partial charge in [0.1, 0.15) is 0 Å². The van der Waals surface area contributed by atoms with E-state index in [2.05, 4.69) is 30.7 Å². The summed E-state index contributed by atoms with van der Waals surface area (Å²) in [5.41, 5.74) is 1.09. The van der Waals surface area contributed by atoms with Crippen LogP contribution < -0.4 is 11.0 Å². The van der Waals surface area contributed by atoms with Crippen LogP contribution in [0.2, 0.25) is 0 Å². The summed E-state index contributed by atoms with van der Waals surface area (Å²) in [6, 6.07) is 9.36. The van der Waals surface area contributed by atoms with Crippen LogP contribution in [0.1, 0.15) is 92.0 Å². The molecule has 5 fully saturated rings. The number of benzene rings is 1. The third-order valence-electron chi connectivity index (χ3n) is 11.1. The van der Waals surface area contributed by atoms with Crippen molar-refractivity contribution in [2.24, 2.45) is 29.6 Å². The fourth-order valence-corrected chi connectivity index (χ4v) is 10.4. The van der Waals surface area contributed by atoms with Crippen molar-refractivity contribution in [3.8, 4) is 0 Å². The number of para-hydroxylation sites is 2. The average molecular weight is 570 g/mol. The van der Waals surface area contributed by atoms with Crippen molar-refractivity contribution in [2.45, 2.75) is 110 Å². The fourth-order valence-electron chi connectivity index (χ4n) is 8.85. The molecule has 220 valence electrons. The lowest BCUT2D eigenvalue weighted by Crippen LogP contribution is -2.61. The van der Waals surface area contributed by atoms with Gasteiger partial charge in [-0.2, -0.15) is 0 Å². The Hall–Kier alpha value is -1.53. The van der Waals surface area contributed by atoms with Crippen LogP contribution in [-0.4, -0.2) is 45.8 Å². The minimum atomic E-state index is -3.84. The first-order valence-corrected chi connectivity index (χ1v) is 17.5. The van der Waals surface area contributed by atoms with Crippen LogP contribution in [0.15, 0.2) is 29.1 Å². The van der Waals surface area contributed by atoms with Gasteiger partial charge in [-0.3, -0.25) is 14.3 Å². The molecule has 0 amide bonds. The molecule has 2 aliphatic heterocycles. The molecule has 3 heterocycles. The van der Waals surface area contributed by atoms with Gasteiger partial charge in [-0.25, -0.2) is 4.98 Å². The first kappa shape index (κ1) is 28.6. The monoisotopic (exact) mass is 569 g/mol. The van der Waals surface area contributed by atoms with Crippen LogP contribution in [0.3, 0.4) is 0 Å². The van der Waals surface area contributed by atoms with E-state index in [9.17, 15) is 9.36 Å². The number of piperidine rings is 2. The number of rotatable bonds is 7. The molecule has 4 unspecified atom stereocenters. The third kappa shape index (κ3) is 4.93. The van der Waals surface area contributed by atoms with E-state index in [0.29, 0.717) is 29.6 Å². The quantitative estimate of drug-likeness (QED) is 0.352. The Kier molecular flexibility index (Phi) is 8.06. The third-order valence-corrected chi connectivity index (χ3v) is 13.1. The Balaban J connectivity index is 1.38. The van der Waals surface area contributed by atoms with Crippen molar-refractivity contribution in [3.63, 3.8) is 0 Å². The molecular formula is C32H48N3O4P. The van der Waals surface area contributed by atoms with E-state index >= 15 is 0 Å². The summed E-state index contributed by atoms with van der Waals surface area (Å²) in [5.74, 6) is 3.99. The topological polar surface area (TPSA) is 73.7 Å². The smallest absolute Gasteiger partial charge is 0.304 e. The zero-order chi connectivity index (χ0) is 28.2. The van der Waals surface area contributed by atoms with Crippen molar-refractivity contribution in [1.29, 1.82) is 0 Å². The van der Waals surface area contributed by atoms with Crippen molar-refractivity contribution < 1.29 is 13.6 Å². The summed E-state index contributed by atoms with van der Waals surface area (Å²) in [6.07, 6.45) is 9.80. The highest BCUT2D eigenvalue weighted by atomic mass is 31.2. The standard InChI is InChI=1S/C32H48N3O4P/c1-6-38-40(37,39-7-2)31-32(36)35(29-11-9-8-10-28(29)33-31)27-18-25-13-12-20(3)30(19-27)34(25)26-14-21(4)22(5)24-15-23(16-24)17-26/h8-11,20-27,30H,6-7,12-19H2,1-5H3/t20?,21?,22?,23?,24?,25-,26+,27+,30?/m1/s1. The molecule has 8 heteroatoms. The average Bonchev–Trinajstić information content (AvgIpc) is 2.90. The van der Waals surface area contributed by atoms with Gasteiger partial charge in [0.05, 0.1) is 24.2 Å². The lowest BCUT2D eigenvalue weighted by atomic mass is 9.60. The lowest BCUT2D eigenvalue weighted by molar-refractivity contribution is -0.0755. The first-order valence-electron chi connectivity index (χ1n) is 15.9. The zero-order valence-corrected chi connectivity index (χ0v) is 25.9. The van der Waals surface area contributed by atoms with Gasteiger partial charge in [-0.1, -0.05) is 32.9 Å². The molecular weight excluding hydrogens is 521 g/mol. The summed E-state index contributed by atoms with van der Waals surface area (Å²) < 4.78 is 27.0. The fraction of sp³-hybridized carbons (Fsp3) is 0.750. The van der Waals surface area contributed by atoms with Crippen LogP contribution in [0, 0.1) is 29.6 Å². The molecule has 2 saturated heterocycles. The second-order valence-corrected chi connectivity index (χ2v) is 15.3. The number of fused-ring (bicyclic) bond motifs is 8. The molecule has 3 saturated carbocycles. The predicted octanol–water partition coefficient (Wildman–Crippen LogP) is 6.55. The minimum absolute atomic E-state index is 0.0304. The summed E-state index contributed by atoms with van der Waals surface area (Å²) >= 11 is 0. The maximum atomic E-state index is 14.2. The van der Waals surface area contributed by atoms with Crippen molar-refractivity contribution in [3.05, 3.63) is 34.6 Å². The van der Waals surface area contributed by atoms with Crippen LogP contribution in [0.5, 0.6) is 0 Å². The molecule has 7 atom stereocenters. The summed E-state index contributed by atoms with van der Waals surface area (Å²) in [4.78, 5) is 21.8.